The van der Waals surface area contributed by atoms with Gasteiger partial charge in [-0.15, -0.1) is 0 Å². The maximum Gasteiger partial charge on any atom is 0.223 e. The van der Waals surface area contributed by atoms with Crippen LogP contribution in [0.4, 0.5) is 0 Å². The first-order valence-corrected chi connectivity index (χ1v) is 5.22. The molecule has 2 fully saturated rings. The van der Waals surface area contributed by atoms with E-state index >= 15 is 0 Å². The van der Waals surface area contributed by atoms with Gasteiger partial charge in [0.2, 0.25) is 11.8 Å². The zero-order valence-electron chi connectivity index (χ0n) is 8.21. The zero-order valence-corrected chi connectivity index (χ0v) is 8.21. The zero-order chi connectivity index (χ0) is 10.2. The average Bonchev–Trinajstić information content (AvgIpc) is 2.00. The molecule has 4 heteroatoms. The molecule has 1 aliphatic heterocycles. The van der Waals surface area contributed by atoms with Crippen LogP contribution in [0.3, 0.4) is 0 Å². The number of nitrogens with two attached hydrogens (primary N) is 1. The molecule has 2 rings (SSSR count). The van der Waals surface area contributed by atoms with Crippen molar-refractivity contribution in [3.63, 3.8) is 0 Å². The van der Waals surface area contributed by atoms with Crippen LogP contribution < -0.4 is 11.1 Å². The third-order valence-electron chi connectivity index (χ3n) is 3.76. The molecule has 14 heavy (non-hydrogen) atoms. The Morgan fingerprint density at radius 2 is 2.21 bits per heavy atom. The van der Waals surface area contributed by atoms with Gasteiger partial charge in [-0.1, -0.05) is 6.42 Å². The fourth-order valence-corrected chi connectivity index (χ4v) is 2.67. The molecule has 0 aromatic heterocycles. The van der Waals surface area contributed by atoms with Crippen LogP contribution in [-0.2, 0) is 9.59 Å². The summed E-state index contributed by atoms with van der Waals surface area (Å²) in [5.41, 5.74) is 5.09. The van der Waals surface area contributed by atoms with Crippen LogP contribution in [0, 0.1) is 11.3 Å². The maximum atomic E-state index is 11.4. The summed E-state index contributed by atoms with van der Waals surface area (Å²) in [6, 6.07) is 0. The quantitative estimate of drug-likeness (QED) is 0.660. The number of piperidine rings is 1. The molecule has 0 radical (unpaired) electrons. The highest BCUT2D eigenvalue weighted by molar-refractivity contribution is 5.84. The van der Waals surface area contributed by atoms with E-state index in [1.165, 1.54) is 0 Å². The SMILES string of the molecule is NC(=O)C1(C2CCNC(=O)C2)CCC1. The van der Waals surface area contributed by atoms with E-state index in [9.17, 15) is 9.59 Å². The van der Waals surface area contributed by atoms with Crippen molar-refractivity contribution in [2.24, 2.45) is 17.1 Å². The summed E-state index contributed by atoms with van der Waals surface area (Å²) in [7, 11) is 0. The van der Waals surface area contributed by atoms with Crippen LogP contribution in [-0.4, -0.2) is 18.4 Å². The van der Waals surface area contributed by atoms with E-state index in [1.807, 2.05) is 0 Å². The van der Waals surface area contributed by atoms with E-state index in [0.717, 1.165) is 25.7 Å². The summed E-state index contributed by atoms with van der Waals surface area (Å²) in [5, 5.41) is 2.78. The van der Waals surface area contributed by atoms with Crippen LogP contribution >= 0.6 is 0 Å². The van der Waals surface area contributed by atoms with E-state index in [1.54, 1.807) is 0 Å². The van der Waals surface area contributed by atoms with Gasteiger partial charge >= 0.3 is 0 Å². The van der Waals surface area contributed by atoms with E-state index in [-0.39, 0.29) is 23.1 Å². The first-order chi connectivity index (χ1) is 6.65. The lowest BCUT2D eigenvalue weighted by molar-refractivity contribution is -0.141. The molecule has 0 aromatic rings. The van der Waals surface area contributed by atoms with E-state index in [2.05, 4.69) is 5.32 Å². The molecule has 78 valence electrons. The largest absolute Gasteiger partial charge is 0.369 e. The van der Waals surface area contributed by atoms with Crippen molar-refractivity contribution >= 4 is 11.8 Å². The Bertz CT molecular complexity index is 271. The van der Waals surface area contributed by atoms with Gasteiger partial charge in [-0.25, -0.2) is 0 Å². The van der Waals surface area contributed by atoms with Crippen LogP contribution in [0.5, 0.6) is 0 Å². The number of nitrogens with one attached hydrogen (secondary N) is 1. The Morgan fingerprint density at radius 3 is 2.64 bits per heavy atom. The second-order valence-electron chi connectivity index (χ2n) is 4.41. The Morgan fingerprint density at radius 1 is 1.50 bits per heavy atom. The minimum Gasteiger partial charge on any atom is -0.369 e. The minimum atomic E-state index is -0.349. The molecule has 1 heterocycles. The van der Waals surface area contributed by atoms with Crippen molar-refractivity contribution in [3.8, 4) is 0 Å². The Labute approximate surface area is 83.2 Å². The second-order valence-corrected chi connectivity index (χ2v) is 4.41. The first kappa shape index (κ1) is 9.49. The van der Waals surface area contributed by atoms with Gasteiger partial charge in [0.1, 0.15) is 0 Å². The minimum absolute atomic E-state index is 0.0637. The lowest BCUT2D eigenvalue weighted by Crippen LogP contribution is -2.52. The Balaban J connectivity index is 2.11. The van der Waals surface area contributed by atoms with Crippen LogP contribution in [0.2, 0.25) is 0 Å². The average molecular weight is 196 g/mol. The molecule has 0 aromatic carbocycles. The molecule has 1 unspecified atom stereocenters. The first-order valence-electron chi connectivity index (χ1n) is 5.22. The molecule has 1 atom stereocenters. The molecule has 1 aliphatic carbocycles. The summed E-state index contributed by atoms with van der Waals surface area (Å²) in [4.78, 5) is 22.6. The molecule has 2 amide bonds. The normalized spacial score (nSPS) is 30.3. The monoisotopic (exact) mass is 196 g/mol. The number of carbonyl (C=O) groups excluding carboxylic acids is 2. The van der Waals surface area contributed by atoms with Crippen molar-refractivity contribution in [3.05, 3.63) is 0 Å². The van der Waals surface area contributed by atoms with E-state index < -0.39 is 0 Å². The second kappa shape index (κ2) is 3.26. The van der Waals surface area contributed by atoms with Gasteiger partial charge in [-0.05, 0) is 25.2 Å². The summed E-state index contributed by atoms with van der Waals surface area (Å²) in [5.74, 6) is 0.0414. The molecule has 4 nitrogen and oxygen atoms in total. The summed E-state index contributed by atoms with van der Waals surface area (Å²) >= 11 is 0. The van der Waals surface area contributed by atoms with Gasteiger partial charge in [0, 0.05) is 13.0 Å². The van der Waals surface area contributed by atoms with E-state index in [4.69, 9.17) is 5.73 Å². The predicted molar refractivity (Wildman–Crippen MR) is 51.2 cm³/mol. The highest BCUT2D eigenvalue weighted by Gasteiger charge is 2.49. The molecular formula is C10H16N2O2. The Hall–Kier alpha value is -1.06. The summed E-state index contributed by atoms with van der Waals surface area (Å²) in [6.07, 6.45) is 4.19. The number of primary amides is 1. The van der Waals surface area contributed by atoms with Gasteiger partial charge in [-0.2, -0.15) is 0 Å². The molecular weight excluding hydrogens is 180 g/mol. The molecule has 2 aliphatic rings. The number of hydrogen-bond donors (Lipinski definition) is 2. The van der Waals surface area contributed by atoms with Crippen LogP contribution in [0.15, 0.2) is 0 Å². The topological polar surface area (TPSA) is 72.2 Å². The molecule has 0 bridgehead atoms. The number of amides is 2. The number of hydrogen-bond acceptors (Lipinski definition) is 2. The fraction of sp³-hybridized carbons (Fsp3) is 0.800. The standard InChI is InChI=1S/C10H16N2O2/c11-9(14)10(3-1-4-10)7-2-5-12-8(13)6-7/h7H,1-6H2,(H2,11,14)(H,12,13). The van der Waals surface area contributed by atoms with Crippen LogP contribution in [0.25, 0.3) is 0 Å². The summed E-state index contributed by atoms with van der Waals surface area (Å²) in [6.45, 7) is 0.693. The molecule has 0 spiro atoms. The van der Waals surface area contributed by atoms with Crippen molar-refractivity contribution in [2.75, 3.05) is 6.54 Å². The lowest BCUT2D eigenvalue weighted by Gasteiger charge is -2.46. The number of rotatable bonds is 2. The Kier molecular flexibility index (Phi) is 2.21. The lowest BCUT2D eigenvalue weighted by atomic mass is 9.58. The van der Waals surface area contributed by atoms with Crippen molar-refractivity contribution in [1.29, 1.82) is 0 Å². The predicted octanol–water partition coefficient (Wildman–Crippen LogP) is 0.168. The fourth-order valence-electron chi connectivity index (χ4n) is 2.67. The summed E-state index contributed by atoms with van der Waals surface area (Å²) < 4.78 is 0. The van der Waals surface area contributed by atoms with E-state index in [0.29, 0.717) is 13.0 Å². The van der Waals surface area contributed by atoms with Gasteiger partial charge in [0.25, 0.3) is 0 Å². The van der Waals surface area contributed by atoms with Gasteiger partial charge in [-0.3, -0.25) is 9.59 Å². The van der Waals surface area contributed by atoms with Gasteiger partial charge < -0.3 is 11.1 Å². The van der Waals surface area contributed by atoms with Crippen molar-refractivity contribution < 1.29 is 9.59 Å². The van der Waals surface area contributed by atoms with Gasteiger partial charge in [0.15, 0.2) is 0 Å². The highest BCUT2D eigenvalue weighted by Crippen LogP contribution is 2.49. The maximum absolute atomic E-state index is 11.4. The third kappa shape index (κ3) is 1.29. The van der Waals surface area contributed by atoms with Crippen LogP contribution in [0.1, 0.15) is 32.1 Å². The third-order valence-corrected chi connectivity index (χ3v) is 3.76. The molecule has 3 N–H and O–H groups in total. The highest BCUT2D eigenvalue weighted by atomic mass is 16.2. The smallest absolute Gasteiger partial charge is 0.223 e. The van der Waals surface area contributed by atoms with Gasteiger partial charge in [0.05, 0.1) is 5.41 Å². The van der Waals surface area contributed by atoms with Crippen molar-refractivity contribution in [1.82, 2.24) is 5.32 Å². The van der Waals surface area contributed by atoms with Crippen molar-refractivity contribution in [2.45, 2.75) is 32.1 Å². The molecule has 1 saturated heterocycles. The number of carbonyl (C=O) groups is 2. The molecule has 1 saturated carbocycles.